The van der Waals surface area contributed by atoms with Gasteiger partial charge in [-0.15, -0.1) is 0 Å². The van der Waals surface area contributed by atoms with Crippen molar-refractivity contribution in [1.82, 2.24) is 0 Å². The van der Waals surface area contributed by atoms with Crippen LogP contribution >= 0.6 is 15.9 Å². The Hall–Kier alpha value is -2.47. The number of methoxy groups -OCH3 is 1. The molecule has 27 heavy (non-hydrogen) atoms. The van der Waals surface area contributed by atoms with Gasteiger partial charge in [-0.3, -0.25) is 14.4 Å². The number of ether oxygens (including phenoxy) is 2. The van der Waals surface area contributed by atoms with E-state index < -0.39 is 28.7 Å². The van der Waals surface area contributed by atoms with Gasteiger partial charge in [0.15, 0.2) is 11.2 Å². The highest BCUT2D eigenvalue weighted by Crippen LogP contribution is 2.80. The summed E-state index contributed by atoms with van der Waals surface area (Å²) < 4.78 is 11.3. The van der Waals surface area contributed by atoms with Crippen LogP contribution in [0.5, 0.6) is 5.75 Å². The second kappa shape index (κ2) is 6.02. The predicted molar refractivity (Wildman–Crippen MR) is 100 cm³/mol. The normalized spacial score (nSPS) is 27.8. The zero-order valence-corrected chi connectivity index (χ0v) is 16.4. The Labute approximate surface area is 164 Å². The van der Waals surface area contributed by atoms with Crippen LogP contribution in [0.2, 0.25) is 0 Å². The van der Waals surface area contributed by atoms with E-state index >= 15 is 0 Å². The van der Waals surface area contributed by atoms with Crippen LogP contribution in [0.3, 0.4) is 0 Å². The monoisotopic (exact) mass is 428 g/mol. The van der Waals surface area contributed by atoms with Gasteiger partial charge in [0.2, 0.25) is 0 Å². The van der Waals surface area contributed by atoms with Gasteiger partial charge in [-0.05, 0) is 24.6 Å². The molecule has 0 N–H and O–H groups in total. The standard InChI is InChI=1S/C21H17BrO5/c1-3-20(17(23)12-7-5-4-6-8-12)16-14-11-13(22)9-10-15(14)27-19(25)21(16,20)18(24)26-2/h4-11,16H,3H2,1-2H3/t16-,20+,21-/m0/s1. The fourth-order valence-electron chi connectivity index (χ4n) is 4.70. The van der Waals surface area contributed by atoms with Gasteiger partial charge in [-0.1, -0.05) is 53.2 Å². The van der Waals surface area contributed by atoms with Crippen molar-refractivity contribution in [2.45, 2.75) is 19.3 Å². The van der Waals surface area contributed by atoms with Crippen LogP contribution in [0.25, 0.3) is 0 Å². The quantitative estimate of drug-likeness (QED) is 0.319. The van der Waals surface area contributed by atoms with Gasteiger partial charge in [0.05, 0.1) is 12.5 Å². The number of Topliss-reactive ketones (excluding diaryl/α,β-unsaturated/α-hetero) is 1. The minimum absolute atomic E-state index is 0.245. The first-order valence-electron chi connectivity index (χ1n) is 8.65. The summed E-state index contributed by atoms with van der Waals surface area (Å²) >= 11 is 3.42. The summed E-state index contributed by atoms with van der Waals surface area (Å²) in [4.78, 5) is 39.5. The number of benzene rings is 2. The second-order valence-electron chi connectivity index (χ2n) is 6.82. The molecule has 138 valence electrons. The lowest BCUT2D eigenvalue weighted by Crippen LogP contribution is -2.40. The Balaban J connectivity index is 1.97. The molecule has 5 nitrogen and oxygen atoms in total. The maximum absolute atomic E-state index is 13.6. The smallest absolute Gasteiger partial charge is 0.330 e. The minimum atomic E-state index is -1.66. The van der Waals surface area contributed by atoms with Gasteiger partial charge in [-0.25, -0.2) is 0 Å². The van der Waals surface area contributed by atoms with E-state index in [1.807, 2.05) is 13.0 Å². The highest BCUT2D eigenvalue weighted by molar-refractivity contribution is 9.10. The van der Waals surface area contributed by atoms with Crippen LogP contribution in [0.4, 0.5) is 0 Å². The third kappa shape index (κ3) is 2.07. The van der Waals surface area contributed by atoms with Crippen LogP contribution in [-0.4, -0.2) is 24.8 Å². The topological polar surface area (TPSA) is 69.7 Å². The van der Waals surface area contributed by atoms with E-state index in [9.17, 15) is 14.4 Å². The van der Waals surface area contributed by atoms with Crippen molar-refractivity contribution in [2.75, 3.05) is 7.11 Å². The summed E-state index contributed by atoms with van der Waals surface area (Å²) in [5.41, 5.74) is -1.76. The molecule has 6 heteroatoms. The Morgan fingerprint density at radius 3 is 2.52 bits per heavy atom. The number of carbonyl (C=O) groups is 3. The first-order valence-corrected chi connectivity index (χ1v) is 9.44. The molecule has 1 aliphatic carbocycles. The largest absolute Gasteiger partial charge is 0.468 e. The Morgan fingerprint density at radius 1 is 1.19 bits per heavy atom. The van der Waals surface area contributed by atoms with Crippen LogP contribution in [0.1, 0.15) is 35.2 Å². The summed E-state index contributed by atoms with van der Waals surface area (Å²) in [6.45, 7) is 1.81. The Morgan fingerprint density at radius 2 is 1.89 bits per heavy atom. The van der Waals surface area contributed by atoms with E-state index in [4.69, 9.17) is 9.47 Å². The number of carbonyl (C=O) groups excluding carboxylic acids is 3. The lowest BCUT2D eigenvalue weighted by atomic mass is 9.83. The van der Waals surface area contributed by atoms with Gasteiger partial charge in [0, 0.05) is 21.5 Å². The number of hydrogen-bond acceptors (Lipinski definition) is 5. The fourth-order valence-corrected chi connectivity index (χ4v) is 5.08. The molecule has 2 aliphatic rings. The summed E-state index contributed by atoms with van der Waals surface area (Å²) in [7, 11) is 1.23. The highest BCUT2D eigenvalue weighted by atomic mass is 79.9. The van der Waals surface area contributed by atoms with Gasteiger partial charge in [0.25, 0.3) is 0 Å². The molecule has 0 saturated heterocycles. The highest BCUT2D eigenvalue weighted by Gasteiger charge is 2.90. The molecule has 1 aliphatic heterocycles. The zero-order valence-electron chi connectivity index (χ0n) is 14.8. The van der Waals surface area contributed by atoms with Gasteiger partial charge >= 0.3 is 11.9 Å². The number of fused-ring (bicyclic) bond motifs is 3. The van der Waals surface area contributed by atoms with E-state index in [0.717, 1.165) is 4.47 Å². The summed E-state index contributed by atoms with van der Waals surface area (Å²) in [5, 5.41) is 0. The van der Waals surface area contributed by atoms with Crippen molar-refractivity contribution >= 4 is 33.7 Å². The average molecular weight is 429 g/mol. The van der Waals surface area contributed by atoms with E-state index in [1.165, 1.54) is 7.11 Å². The Kier molecular flexibility index (Phi) is 4.00. The number of hydrogen-bond donors (Lipinski definition) is 0. The molecule has 0 spiro atoms. The van der Waals surface area contributed by atoms with E-state index in [0.29, 0.717) is 23.3 Å². The number of halogens is 1. The number of esters is 2. The van der Waals surface area contributed by atoms with Crippen molar-refractivity contribution in [1.29, 1.82) is 0 Å². The molecule has 0 radical (unpaired) electrons. The summed E-state index contributed by atoms with van der Waals surface area (Å²) in [6.07, 6.45) is 0.307. The molecule has 1 fully saturated rings. The van der Waals surface area contributed by atoms with Gasteiger partial charge < -0.3 is 9.47 Å². The number of ketones is 1. The van der Waals surface area contributed by atoms with Crippen LogP contribution < -0.4 is 4.74 Å². The zero-order chi connectivity index (χ0) is 19.4. The lowest BCUT2D eigenvalue weighted by Gasteiger charge is -2.22. The summed E-state index contributed by atoms with van der Waals surface area (Å²) in [5.74, 6) is -1.94. The van der Waals surface area contributed by atoms with Gasteiger partial charge in [-0.2, -0.15) is 0 Å². The van der Waals surface area contributed by atoms with E-state index in [1.54, 1.807) is 42.5 Å². The maximum atomic E-state index is 13.6. The molecule has 0 unspecified atom stereocenters. The van der Waals surface area contributed by atoms with Crippen LogP contribution in [0.15, 0.2) is 53.0 Å². The van der Waals surface area contributed by atoms with Crippen molar-refractivity contribution in [3.05, 3.63) is 64.1 Å². The molecule has 0 amide bonds. The van der Waals surface area contributed by atoms with Crippen LogP contribution in [0, 0.1) is 10.8 Å². The molecule has 2 aromatic rings. The van der Waals surface area contributed by atoms with E-state index in [-0.39, 0.29) is 5.78 Å². The lowest BCUT2D eigenvalue weighted by molar-refractivity contribution is -0.160. The second-order valence-corrected chi connectivity index (χ2v) is 7.74. The SMILES string of the molecule is CC[C@]1(C(=O)c2ccccc2)[C@@H]2c3cc(Br)ccc3OC(=O)[C@@]21C(=O)OC. The maximum Gasteiger partial charge on any atom is 0.330 e. The minimum Gasteiger partial charge on any atom is -0.468 e. The number of rotatable bonds is 4. The first kappa shape index (κ1) is 17.9. The van der Waals surface area contributed by atoms with Crippen molar-refractivity contribution in [2.24, 2.45) is 10.8 Å². The fraction of sp³-hybridized carbons (Fsp3) is 0.286. The average Bonchev–Trinajstić information content (AvgIpc) is 3.35. The Bertz CT molecular complexity index is 970. The molecular formula is C21H17BrO5. The molecule has 3 atom stereocenters. The van der Waals surface area contributed by atoms with E-state index in [2.05, 4.69) is 15.9 Å². The summed E-state index contributed by atoms with van der Waals surface area (Å²) in [6, 6.07) is 14.0. The van der Waals surface area contributed by atoms with Gasteiger partial charge in [0.1, 0.15) is 5.75 Å². The molecule has 1 heterocycles. The molecule has 2 aromatic carbocycles. The first-order chi connectivity index (χ1) is 12.9. The molecular weight excluding hydrogens is 412 g/mol. The molecule has 0 aromatic heterocycles. The molecule has 1 saturated carbocycles. The molecule has 4 rings (SSSR count). The van der Waals surface area contributed by atoms with Crippen molar-refractivity contribution in [3.8, 4) is 5.75 Å². The molecule has 0 bridgehead atoms. The van der Waals surface area contributed by atoms with Crippen molar-refractivity contribution < 1.29 is 23.9 Å². The predicted octanol–water partition coefficient (Wildman–Crippen LogP) is 3.90. The third-order valence-corrected chi connectivity index (χ3v) is 6.35. The third-order valence-electron chi connectivity index (χ3n) is 5.86. The van der Waals surface area contributed by atoms with Crippen LogP contribution in [-0.2, 0) is 14.3 Å². The van der Waals surface area contributed by atoms with Crippen molar-refractivity contribution in [3.63, 3.8) is 0 Å².